The van der Waals surface area contributed by atoms with E-state index < -0.39 is 0 Å². The van der Waals surface area contributed by atoms with Crippen LogP contribution in [0.1, 0.15) is 50.0 Å². The molecule has 1 aromatic rings. The van der Waals surface area contributed by atoms with Gasteiger partial charge in [0.05, 0.1) is 12.0 Å². The van der Waals surface area contributed by atoms with E-state index in [0.717, 1.165) is 44.1 Å². The summed E-state index contributed by atoms with van der Waals surface area (Å²) < 4.78 is 0. The van der Waals surface area contributed by atoms with E-state index >= 15 is 0 Å². The molecule has 0 spiro atoms. The molecular weight excluding hydrogens is 274 g/mol. The van der Waals surface area contributed by atoms with Gasteiger partial charge in [-0.3, -0.25) is 4.79 Å². The van der Waals surface area contributed by atoms with Gasteiger partial charge in [-0.2, -0.15) is 0 Å². The van der Waals surface area contributed by atoms with Crippen molar-refractivity contribution in [2.75, 3.05) is 0 Å². The molecular formula is C16H22ClNO2. The second-order valence-corrected chi connectivity index (χ2v) is 6.19. The number of amides is 1. The topological polar surface area (TPSA) is 63.3 Å². The van der Waals surface area contributed by atoms with Gasteiger partial charge in [-0.1, -0.05) is 23.7 Å². The van der Waals surface area contributed by atoms with Crippen LogP contribution < -0.4 is 5.73 Å². The predicted molar refractivity (Wildman–Crippen MR) is 80.6 cm³/mol. The smallest absolute Gasteiger partial charge is 0.224 e. The Kier molecular flexibility index (Phi) is 5.44. The lowest BCUT2D eigenvalue weighted by Gasteiger charge is -2.26. The molecule has 0 aliphatic heterocycles. The van der Waals surface area contributed by atoms with Crippen molar-refractivity contribution < 1.29 is 9.90 Å². The summed E-state index contributed by atoms with van der Waals surface area (Å²) >= 11 is 5.87. The monoisotopic (exact) mass is 295 g/mol. The molecule has 0 saturated heterocycles. The Balaban J connectivity index is 1.93. The van der Waals surface area contributed by atoms with Crippen LogP contribution in [0.3, 0.4) is 0 Å². The standard InChI is InChI=1S/C16H22ClNO2/c17-13-6-4-12(5-7-13)15(16(18)20)10-3-11-1-8-14(19)9-2-11/h4-7,11,14-15,19H,1-3,8-10H2,(H2,18,20). The Bertz CT molecular complexity index is 438. The molecule has 1 fully saturated rings. The van der Waals surface area contributed by atoms with E-state index in [1.807, 2.05) is 12.1 Å². The van der Waals surface area contributed by atoms with E-state index in [4.69, 9.17) is 17.3 Å². The minimum absolute atomic E-state index is 0.130. The summed E-state index contributed by atoms with van der Waals surface area (Å²) in [4.78, 5) is 11.7. The first-order valence-corrected chi connectivity index (χ1v) is 7.67. The van der Waals surface area contributed by atoms with Crippen LogP contribution >= 0.6 is 11.6 Å². The third kappa shape index (κ3) is 4.22. The quantitative estimate of drug-likeness (QED) is 0.876. The lowest BCUT2D eigenvalue weighted by atomic mass is 9.81. The van der Waals surface area contributed by atoms with Crippen LogP contribution in [-0.2, 0) is 4.79 Å². The van der Waals surface area contributed by atoms with E-state index in [1.165, 1.54) is 0 Å². The number of aliphatic hydroxyl groups is 1. The summed E-state index contributed by atoms with van der Waals surface area (Å²) in [5.74, 6) is 0.0924. The molecule has 1 unspecified atom stereocenters. The van der Waals surface area contributed by atoms with Gasteiger partial charge in [0.25, 0.3) is 0 Å². The minimum Gasteiger partial charge on any atom is -0.393 e. The Morgan fingerprint density at radius 2 is 1.85 bits per heavy atom. The maximum atomic E-state index is 11.7. The number of halogens is 1. The molecule has 1 aromatic carbocycles. The second kappa shape index (κ2) is 7.09. The third-order valence-electron chi connectivity index (χ3n) is 4.30. The molecule has 4 heteroatoms. The molecule has 0 bridgehead atoms. The normalized spacial score (nSPS) is 24.3. The molecule has 3 nitrogen and oxygen atoms in total. The van der Waals surface area contributed by atoms with E-state index in [9.17, 15) is 9.90 Å². The zero-order valence-corrected chi connectivity index (χ0v) is 12.4. The number of rotatable bonds is 5. The van der Waals surface area contributed by atoms with Gasteiger partial charge in [0.2, 0.25) is 5.91 Å². The number of carbonyl (C=O) groups is 1. The number of hydrogen-bond donors (Lipinski definition) is 2. The van der Waals surface area contributed by atoms with Crippen molar-refractivity contribution in [3.8, 4) is 0 Å². The number of hydrogen-bond acceptors (Lipinski definition) is 2. The lowest BCUT2D eigenvalue weighted by Crippen LogP contribution is -2.23. The van der Waals surface area contributed by atoms with Crippen LogP contribution in [0.5, 0.6) is 0 Å². The van der Waals surface area contributed by atoms with E-state index in [0.29, 0.717) is 10.9 Å². The van der Waals surface area contributed by atoms with Gasteiger partial charge in [0.15, 0.2) is 0 Å². The summed E-state index contributed by atoms with van der Waals surface area (Å²) in [5.41, 5.74) is 6.47. The summed E-state index contributed by atoms with van der Waals surface area (Å²) in [7, 11) is 0. The van der Waals surface area contributed by atoms with Gasteiger partial charge >= 0.3 is 0 Å². The van der Waals surface area contributed by atoms with Crippen LogP contribution in [0.25, 0.3) is 0 Å². The Morgan fingerprint density at radius 1 is 1.25 bits per heavy atom. The SMILES string of the molecule is NC(=O)C(CCC1CCC(O)CC1)c1ccc(Cl)cc1. The highest BCUT2D eigenvalue weighted by Gasteiger charge is 2.23. The van der Waals surface area contributed by atoms with E-state index in [2.05, 4.69) is 0 Å². The number of aliphatic hydroxyl groups excluding tert-OH is 1. The maximum Gasteiger partial charge on any atom is 0.224 e. The Morgan fingerprint density at radius 3 is 2.40 bits per heavy atom. The lowest BCUT2D eigenvalue weighted by molar-refractivity contribution is -0.119. The maximum absolute atomic E-state index is 11.7. The van der Waals surface area contributed by atoms with Gasteiger partial charge < -0.3 is 10.8 Å². The van der Waals surface area contributed by atoms with Crippen LogP contribution in [0.2, 0.25) is 5.02 Å². The summed E-state index contributed by atoms with van der Waals surface area (Å²) in [6, 6.07) is 7.35. The van der Waals surface area contributed by atoms with E-state index in [-0.39, 0.29) is 17.9 Å². The van der Waals surface area contributed by atoms with Crippen LogP contribution in [0.15, 0.2) is 24.3 Å². The van der Waals surface area contributed by atoms with Crippen molar-refractivity contribution in [2.45, 2.75) is 50.5 Å². The molecule has 2 rings (SSSR count). The highest BCUT2D eigenvalue weighted by atomic mass is 35.5. The first-order chi connectivity index (χ1) is 9.56. The summed E-state index contributed by atoms with van der Waals surface area (Å²) in [6.45, 7) is 0. The Labute approximate surface area is 125 Å². The van der Waals surface area contributed by atoms with Crippen LogP contribution in [-0.4, -0.2) is 17.1 Å². The fourth-order valence-electron chi connectivity index (χ4n) is 3.00. The predicted octanol–water partition coefficient (Wildman–Crippen LogP) is 3.24. The van der Waals surface area contributed by atoms with Crippen molar-refractivity contribution in [3.63, 3.8) is 0 Å². The zero-order valence-electron chi connectivity index (χ0n) is 11.6. The molecule has 110 valence electrons. The van der Waals surface area contributed by atoms with Gasteiger partial charge in [-0.15, -0.1) is 0 Å². The van der Waals surface area contributed by atoms with Gasteiger partial charge in [-0.25, -0.2) is 0 Å². The largest absolute Gasteiger partial charge is 0.393 e. The zero-order chi connectivity index (χ0) is 14.5. The first kappa shape index (κ1) is 15.3. The van der Waals surface area contributed by atoms with Crippen molar-refractivity contribution in [3.05, 3.63) is 34.9 Å². The molecule has 1 atom stereocenters. The Hall–Kier alpha value is -1.06. The van der Waals surface area contributed by atoms with Crippen molar-refractivity contribution in [1.29, 1.82) is 0 Å². The van der Waals surface area contributed by atoms with Crippen LogP contribution in [0.4, 0.5) is 0 Å². The number of primary amides is 1. The molecule has 0 heterocycles. The van der Waals surface area contributed by atoms with Crippen molar-refractivity contribution in [1.82, 2.24) is 0 Å². The first-order valence-electron chi connectivity index (χ1n) is 7.29. The number of nitrogens with two attached hydrogens (primary N) is 1. The van der Waals surface area contributed by atoms with Crippen molar-refractivity contribution >= 4 is 17.5 Å². The van der Waals surface area contributed by atoms with Gasteiger partial charge in [-0.05, 0) is 62.1 Å². The molecule has 0 aromatic heterocycles. The molecule has 1 amide bonds. The van der Waals surface area contributed by atoms with E-state index in [1.54, 1.807) is 12.1 Å². The molecule has 3 N–H and O–H groups in total. The van der Waals surface area contributed by atoms with Gasteiger partial charge in [0.1, 0.15) is 0 Å². The van der Waals surface area contributed by atoms with Crippen LogP contribution in [0, 0.1) is 5.92 Å². The molecule has 20 heavy (non-hydrogen) atoms. The summed E-state index contributed by atoms with van der Waals surface area (Å²) in [6.07, 6.45) is 5.50. The second-order valence-electron chi connectivity index (χ2n) is 5.76. The average Bonchev–Trinajstić information content (AvgIpc) is 2.43. The molecule has 1 aliphatic rings. The average molecular weight is 296 g/mol. The molecule has 0 radical (unpaired) electrons. The number of carbonyl (C=O) groups excluding carboxylic acids is 1. The number of benzene rings is 1. The third-order valence-corrected chi connectivity index (χ3v) is 4.55. The minimum atomic E-state index is -0.275. The highest BCUT2D eigenvalue weighted by Crippen LogP contribution is 2.31. The van der Waals surface area contributed by atoms with Crippen molar-refractivity contribution in [2.24, 2.45) is 11.7 Å². The highest BCUT2D eigenvalue weighted by molar-refractivity contribution is 6.30. The van der Waals surface area contributed by atoms with Gasteiger partial charge in [0, 0.05) is 5.02 Å². The fraction of sp³-hybridized carbons (Fsp3) is 0.562. The summed E-state index contributed by atoms with van der Waals surface area (Å²) in [5, 5.41) is 10.2. The molecule has 1 saturated carbocycles. The fourth-order valence-corrected chi connectivity index (χ4v) is 3.13. The molecule has 1 aliphatic carbocycles.